The van der Waals surface area contributed by atoms with Crippen molar-refractivity contribution >= 4 is 8.58 Å². The first-order valence-electron chi connectivity index (χ1n) is 5.06. The van der Waals surface area contributed by atoms with E-state index in [4.69, 9.17) is 0 Å². The average Bonchev–Trinajstić information content (AvgIpc) is 2.03. The van der Waals surface area contributed by atoms with Gasteiger partial charge >= 0.3 is 0 Å². The van der Waals surface area contributed by atoms with E-state index in [0.717, 1.165) is 20.2 Å². The molecule has 0 bridgehead atoms. The topological polar surface area (TPSA) is 0 Å². The van der Waals surface area contributed by atoms with Crippen LogP contribution in [0.4, 0.5) is 0 Å². The van der Waals surface area contributed by atoms with E-state index in [1.165, 1.54) is 37.4 Å². The smallest absolute Gasteiger partial charge is 0.0145 e. The number of rotatable bonds is 3. The third-order valence-corrected chi connectivity index (χ3v) is 4.67. The predicted molar refractivity (Wildman–Crippen MR) is 59.4 cm³/mol. The highest BCUT2D eigenvalue weighted by Crippen LogP contribution is 2.35. The van der Waals surface area contributed by atoms with Gasteiger partial charge in [-0.25, -0.2) is 0 Å². The first-order valence-corrected chi connectivity index (χ1v) is 6.34. The van der Waals surface area contributed by atoms with Crippen LogP contribution in [0.5, 0.6) is 0 Å². The molecule has 0 N–H and O–H groups in total. The zero-order valence-electron chi connectivity index (χ0n) is 8.40. The zero-order valence-corrected chi connectivity index (χ0v) is 9.40. The Balaban J connectivity index is 2.13. The summed E-state index contributed by atoms with van der Waals surface area (Å²) in [6, 6.07) is 0. The van der Waals surface area contributed by atoms with Crippen LogP contribution in [0.1, 0.15) is 39.5 Å². The molecule has 1 aliphatic rings. The van der Waals surface area contributed by atoms with E-state index in [1.807, 2.05) is 0 Å². The third-order valence-electron chi connectivity index (χ3n) is 2.71. The molecule has 1 unspecified atom stereocenters. The number of hydrogen-bond acceptors (Lipinski definition) is 0. The van der Waals surface area contributed by atoms with Crippen molar-refractivity contribution in [3.8, 4) is 0 Å². The van der Waals surface area contributed by atoms with Gasteiger partial charge in [-0.05, 0) is 37.5 Å². The maximum Gasteiger partial charge on any atom is -0.0145 e. The van der Waals surface area contributed by atoms with Gasteiger partial charge in [-0.2, -0.15) is 0 Å². The minimum atomic E-state index is 0.996. The fourth-order valence-corrected chi connectivity index (χ4v) is 3.16. The number of hydrogen-bond donors (Lipinski definition) is 0. The maximum absolute atomic E-state index is 3.96. The lowest BCUT2D eigenvalue weighted by molar-refractivity contribution is 0.391. The van der Waals surface area contributed by atoms with Crippen LogP contribution in [-0.2, 0) is 0 Å². The lowest BCUT2D eigenvalue weighted by Gasteiger charge is -2.26. The Morgan fingerprint density at radius 3 is 2.42 bits per heavy atom. The van der Waals surface area contributed by atoms with Crippen molar-refractivity contribution in [3.05, 3.63) is 12.2 Å². The van der Waals surface area contributed by atoms with E-state index in [0.29, 0.717) is 0 Å². The SMILES string of the molecule is C=C(C)CPC1CCC(C)CC1. The molecule has 0 radical (unpaired) electrons. The summed E-state index contributed by atoms with van der Waals surface area (Å²) in [5.41, 5.74) is 2.41. The Hall–Kier alpha value is 0.170. The third kappa shape index (κ3) is 3.72. The van der Waals surface area contributed by atoms with Gasteiger partial charge in [0, 0.05) is 0 Å². The van der Waals surface area contributed by atoms with Crippen LogP contribution < -0.4 is 0 Å². The second-order valence-corrected chi connectivity index (χ2v) is 5.87. The molecular weight excluding hydrogens is 163 g/mol. The average molecular weight is 184 g/mol. The first-order chi connectivity index (χ1) is 5.68. The van der Waals surface area contributed by atoms with Gasteiger partial charge < -0.3 is 0 Å². The lowest BCUT2D eigenvalue weighted by atomic mass is 9.91. The number of allylic oxidation sites excluding steroid dienone is 1. The van der Waals surface area contributed by atoms with E-state index in [-0.39, 0.29) is 0 Å². The largest absolute Gasteiger partial charge is 0.115 e. The lowest BCUT2D eigenvalue weighted by Crippen LogP contribution is -2.13. The molecule has 0 aromatic carbocycles. The summed E-state index contributed by atoms with van der Waals surface area (Å²) in [7, 11) is 1.15. The van der Waals surface area contributed by atoms with E-state index in [1.54, 1.807) is 0 Å². The molecule has 0 aromatic rings. The highest BCUT2D eigenvalue weighted by Gasteiger charge is 2.17. The minimum Gasteiger partial charge on any atom is -0.115 e. The first kappa shape index (κ1) is 10.3. The molecule has 0 aromatic heterocycles. The van der Waals surface area contributed by atoms with Gasteiger partial charge in [-0.1, -0.05) is 31.9 Å². The highest BCUT2D eigenvalue weighted by atomic mass is 31.1. The van der Waals surface area contributed by atoms with Crippen molar-refractivity contribution in [1.82, 2.24) is 0 Å². The molecule has 0 saturated heterocycles. The van der Waals surface area contributed by atoms with Gasteiger partial charge in [-0.15, -0.1) is 8.58 Å². The second-order valence-electron chi connectivity index (χ2n) is 4.29. The quantitative estimate of drug-likeness (QED) is 0.462. The van der Waals surface area contributed by atoms with Gasteiger partial charge in [0.2, 0.25) is 0 Å². The normalized spacial score (nSPS) is 31.2. The van der Waals surface area contributed by atoms with Gasteiger partial charge in [0.1, 0.15) is 0 Å². The Morgan fingerprint density at radius 2 is 1.92 bits per heavy atom. The summed E-state index contributed by atoms with van der Waals surface area (Å²) in [6.07, 6.45) is 7.17. The van der Waals surface area contributed by atoms with Crippen molar-refractivity contribution in [2.24, 2.45) is 5.92 Å². The van der Waals surface area contributed by atoms with Crippen molar-refractivity contribution in [2.75, 3.05) is 6.16 Å². The van der Waals surface area contributed by atoms with E-state index in [2.05, 4.69) is 20.4 Å². The van der Waals surface area contributed by atoms with E-state index in [9.17, 15) is 0 Å². The molecule has 1 rings (SSSR count). The van der Waals surface area contributed by atoms with Crippen LogP contribution in [0.15, 0.2) is 12.2 Å². The Kier molecular flexibility index (Phi) is 4.29. The monoisotopic (exact) mass is 184 g/mol. The molecular formula is C11H21P. The van der Waals surface area contributed by atoms with Crippen molar-refractivity contribution in [2.45, 2.75) is 45.2 Å². The van der Waals surface area contributed by atoms with Gasteiger partial charge in [0.25, 0.3) is 0 Å². The molecule has 1 fully saturated rings. The van der Waals surface area contributed by atoms with Crippen LogP contribution in [0.25, 0.3) is 0 Å². The van der Waals surface area contributed by atoms with Crippen LogP contribution >= 0.6 is 8.58 Å². The summed E-state index contributed by atoms with van der Waals surface area (Å²) in [4.78, 5) is 0. The van der Waals surface area contributed by atoms with Gasteiger partial charge in [0.05, 0.1) is 0 Å². The van der Waals surface area contributed by atoms with Crippen LogP contribution in [0.3, 0.4) is 0 Å². The molecule has 1 aliphatic carbocycles. The zero-order chi connectivity index (χ0) is 8.97. The molecule has 0 heterocycles. The molecule has 1 heteroatoms. The van der Waals surface area contributed by atoms with Crippen molar-refractivity contribution < 1.29 is 0 Å². The predicted octanol–water partition coefficient (Wildman–Crippen LogP) is 3.82. The fourth-order valence-electron chi connectivity index (χ4n) is 1.78. The summed E-state index contributed by atoms with van der Waals surface area (Å²) < 4.78 is 0. The summed E-state index contributed by atoms with van der Waals surface area (Å²) in [5.74, 6) is 0.996. The fraction of sp³-hybridized carbons (Fsp3) is 0.818. The Morgan fingerprint density at radius 1 is 1.33 bits per heavy atom. The van der Waals surface area contributed by atoms with Crippen molar-refractivity contribution in [3.63, 3.8) is 0 Å². The standard InChI is InChI=1S/C11H21P/c1-9(2)8-12-11-6-4-10(3)5-7-11/h10-12H,1,4-8H2,2-3H3. The second kappa shape index (κ2) is 5.02. The molecule has 0 spiro atoms. The van der Waals surface area contributed by atoms with Crippen LogP contribution in [-0.4, -0.2) is 11.8 Å². The molecule has 1 atom stereocenters. The summed E-state index contributed by atoms with van der Waals surface area (Å²) >= 11 is 0. The molecule has 12 heavy (non-hydrogen) atoms. The van der Waals surface area contributed by atoms with Gasteiger partial charge in [-0.3, -0.25) is 0 Å². The highest BCUT2D eigenvalue weighted by molar-refractivity contribution is 7.39. The summed E-state index contributed by atoms with van der Waals surface area (Å²) in [6.45, 7) is 8.50. The molecule has 0 aliphatic heterocycles. The van der Waals surface area contributed by atoms with E-state index >= 15 is 0 Å². The minimum absolute atomic E-state index is 0.996. The molecule has 0 amide bonds. The molecule has 0 nitrogen and oxygen atoms in total. The van der Waals surface area contributed by atoms with Crippen molar-refractivity contribution in [1.29, 1.82) is 0 Å². The van der Waals surface area contributed by atoms with E-state index < -0.39 is 0 Å². The maximum atomic E-state index is 3.96. The van der Waals surface area contributed by atoms with Gasteiger partial charge in [0.15, 0.2) is 0 Å². The summed E-state index contributed by atoms with van der Waals surface area (Å²) in [5, 5.41) is 0. The molecule has 1 saturated carbocycles. The van der Waals surface area contributed by atoms with Crippen LogP contribution in [0.2, 0.25) is 0 Å². The Bertz CT molecular complexity index is 143. The van der Waals surface area contributed by atoms with Crippen LogP contribution in [0, 0.1) is 5.92 Å². The Labute approximate surface area is 78.6 Å². The molecule has 70 valence electrons.